The summed E-state index contributed by atoms with van der Waals surface area (Å²) in [6, 6.07) is 1.21. The normalized spacial score (nSPS) is 9.73. The summed E-state index contributed by atoms with van der Waals surface area (Å²) in [5.74, 6) is 0.624. The minimum absolute atomic E-state index is 0.195. The van der Waals surface area contributed by atoms with Crippen LogP contribution in [0.5, 0.6) is 0 Å². The fourth-order valence-corrected chi connectivity index (χ4v) is 1.22. The van der Waals surface area contributed by atoms with E-state index in [9.17, 15) is 4.79 Å². The van der Waals surface area contributed by atoms with Crippen LogP contribution in [-0.4, -0.2) is 29.1 Å². The number of primary amides is 1. The first kappa shape index (κ1) is 11.5. The predicted molar refractivity (Wildman–Crippen MR) is 57.9 cm³/mol. The third-order valence-corrected chi connectivity index (χ3v) is 1.73. The minimum Gasteiger partial charge on any atom is -0.368 e. The number of carbonyl (C=O) groups is 1. The molecule has 6 nitrogen and oxygen atoms in total. The molecule has 1 heterocycles. The van der Waals surface area contributed by atoms with Crippen molar-refractivity contribution in [1.82, 2.24) is 15.3 Å². The molecule has 0 saturated carbocycles. The minimum atomic E-state index is -0.547. The molecule has 82 valence electrons. The van der Waals surface area contributed by atoms with E-state index in [2.05, 4.69) is 20.6 Å². The van der Waals surface area contributed by atoms with Gasteiger partial charge in [0.15, 0.2) is 0 Å². The Labute approximate surface area is 92.2 Å². The number of aryl methyl sites for hydroxylation is 1. The maximum absolute atomic E-state index is 10.4. The first-order valence-corrected chi connectivity index (χ1v) is 4.74. The van der Waals surface area contributed by atoms with E-state index in [1.54, 1.807) is 6.07 Å². The molecule has 0 aliphatic heterocycles. The number of urea groups is 1. The topological polar surface area (TPSA) is 92.9 Å². The maximum atomic E-state index is 10.4. The van der Waals surface area contributed by atoms with E-state index in [0.717, 1.165) is 5.69 Å². The third kappa shape index (κ3) is 4.46. The van der Waals surface area contributed by atoms with Gasteiger partial charge >= 0.3 is 6.03 Å². The van der Waals surface area contributed by atoms with Gasteiger partial charge in [-0.2, -0.15) is 0 Å². The van der Waals surface area contributed by atoms with Crippen LogP contribution >= 0.6 is 11.6 Å². The second-order valence-electron chi connectivity index (χ2n) is 2.88. The van der Waals surface area contributed by atoms with Crippen LogP contribution in [0.3, 0.4) is 0 Å². The summed E-state index contributed by atoms with van der Waals surface area (Å²) < 4.78 is 0. The molecule has 0 aromatic carbocycles. The number of anilines is 1. The van der Waals surface area contributed by atoms with Gasteiger partial charge in [0.25, 0.3) is 0 Å². The average molecular weight is 230 g/mol. The van der Waals surface area contributed by atoms with Crippen molar-refractivity contribution in [3.8, 4) is 0 Å². The highest BCUT2D eigenvalue weighted by atomic mass is 35.5. The lowest BCUT2D eigenvalue weighted by molar-refractivity contribution is 0.249. The number of aromatic nitrogens is 2. The number of nitrogens with two attached hydrogens (primary N) is 1. The van der Waals surface area contributed by atoms with Crippen molar-refractivity contribution in [2.24, 2.45) is 5.73 Å². The number of rotatable bonds is 4. The largest absolute Gasteiger partial charge is 0.368 e. The van der Waals surface area contributed by atoms with E-state index in [0.29, 0.717) is 18.9 Å². The van der Waals surface area contributed by atoms with E-state index in [-0.39, 0.29) is 5.28 Å². The molecule has 1 rings (SSSR count). The Hall–Kier alpha value is -1.56. The molecule has 7 heteroatoms. The summed E-state index contributed by atoms with van der Waals surface area (Å²) in [5.41, 5.74) is 5.67. The molecular formula is C8H12ClN5O. The monoisotopic (exact) mass is 229 g/mol. The number of amides is 2. The molecule has 0 atom stereocenters. The van der Waals surface area contributed by atoms with Gasteiger partial charge in [-0.3, -0.25) is 0 Å². The smallest absolute Gasteiger partial charge is 0.312 e. The fraction of sp³-hybridized carbons (Fsp3) is 0.375. The number of carbonyl (C=O) groups excluding carboxylic acids is 1. The average Bonchev–Trinajstić information content (AvgIpc) is 2.10. The summed E-state index contributed by atoms with van der Waals surface area (Å²) in [6.45, 7) is 2.77. The molecule has 0 spiro atoms. The highest BCUT2D eigenvalue weighted by Crippen LogP contribution is 2.08. The van der Waals surface area contributed by atoms with Gasteiger partial charge in [0.1, 0.15) is 5.82 Å². The van der Waals surface area contributed by atoms with Crippen molar-refractivity contribution >= 4 is 23.4 Å². The Kier molecular flexibility index (Phi) is 4.11. The quantitative estimate of drug-likeness (QED) is 0.518. The van der Waals surface area contributed by atoms with Gasteiger partial charge in [-0.15, -0.1) is 0 Å². The number of nitrogens with zero attached hydrogens (tertiary/aromatic N) is 2. The Morgan fingerprint density at radius 2 is 2.27 bits per heavy atom. The molecule has 0 radical (unpaired) electrons. The van der Waals surface area contributed by atoms with Gasteiger partial charge < -0.3 is 16.4 Å². The molecule has 0 fully saturated rings. The van der Waals surface area contributed by atoms with E-state index in [1.165, 1.54) is 0 Å². The lowest BCUT2D eigenvalue weighted by atomic mass is 10.4. The zero-order valence-corrected chi connectivity index (χ0v) is 9.01. The number of nitrogens with one attached hydrogen (secondary N) is 2. The second-order valence-corrected chi connectivity index (χ2v) is 3.22. The lowest BCUT2D eigenvalue weighted by Crippen LogP contribution is -2.33. The van der Waals surface area contributed by atoms with Crippen molar-refractivity contribution < 1.29 is 4.79 Å². The third-order valence-electron chi connectivity index (χ3n) is 1.56. The van der Waals surface area contributed by atoms with E-state index < -0.39 is 6.03 Å². The van der Waals surface area contributed by atoms with Crippen molar-refractivity contribution in [2.75, 3.05) is 18.4 Å². The highest BCUT2D eigenvalue weighted by molar-refractivity contribution is 6.28. The molecular weight excluding hydrogens is 218 g/mol. The van der Waals surface area contributed by atoms with Crippen LogP contribution in [0.1, 0.15) is 5.69 Å². The zero-order chi connectivity index (χ0) is 11.3. The van der Waals surface area contributed by atoms with Crippen molar-refractivity contribution in [2.45, 2.75) is 6.92 Å². The van der Waals surface area contributed by atoms with Crippen LogP contribution in [0, 0.1) is 6.92 Å². The van der Waals surface area contributed by atoms with E-state index >= 15 is 0 Å². The molecule has 15 heavy (non-hydrogen) atoms. The molecule has 0 aliphatic rings. The lowest BCUT2D eigenvalue weighted by Gasteiger charge is -2.06. The molecule has 0 bridgehead atoms. The van der Waals surface area contributed by atoms with Crippen molar-refractivity contribution in [3.63, 3.8) is 0 Å². The first-order valence-electron chi connectivity index (χ1n) is 4.36. The van der Waals surface area contributed by atoms with Gasteiger partial charge in [-0.25, -0.2) is 14.8 Å². The van der Waals surface area contributed by atoms with Crippen LogP contribution < -0.4 is 16.4 Å². The SMILES string of the molecule is Cc1cc(NCCNC(N)=O)nc(Cl)n1. The Morgan fingerprint density at radius 3 is 2.87 bits per heavy atom. The summed E-state index contributed by atoms with van der Waals surface area (Å²) in [5, 5.41) is 5.62. The van der Waals surface area contributed by atoms with Crippen LogP contribution in [-0.2, 0) is 0 Å². The molecule has 4 N–H and O–H groups in total. The summed E-state index contributed by atoms with van der Waals surface area (Å²) >= 11 is 5.66. The zero-order valence-electron chi connectivity index (χ0n) is 8.25. The van der Waals surface area contributed by atoms with Gasteiger partial charge in [0.05, 0.1) is 0 Å². The second kappa shape index (κ2) is 5.35. The highest BCUT2D eigenvalue weighted by Gasteiger charge is 1.99. The van der Waals surface area contributed by atoms with Crippen molar-refractivity contribution in [3.05, 3.63) is 17.0 Å². The number of halogens is 1. The number of hydrogen-bond donors (Lipinski definition) is 3. The van der Waals surface area contributed by atoms with Gasteiger partial charge in [-0.05, 0) is 18.5 Å². The first-order chi connectivity index (χ1) is 7.08. The van der Waals surface area contributed by atoms with Crippen LogP contribution in [0.15, 0.2) is 6.07 Å². The molecule has 1 aromatic heterocycles. The maximum Gasteiger partial charge on any atom is 0.312 e. The molecule has 1 aromatic rings. The molecule has 0 saturated heterocycles. The summed E-state index contributed by atoms with van der Waals surface area (Å²) in [6.07, 6.45) is 0. The van der Waals surface area contributed by atoms with E-state index in [4.69, 9.17) is 17.3 Å². The van der Waals surface area contributed by atoms with Crippen LogP contribution in [0.4, 0.5) is 10.6 Å². The Bertz CT molecular complexity index is 337. The molecule has 0 unspecified atom stereocenters. The van der Waals surface area contributed by atoms with Gasteiger partial charge in [0, 0.05) is 24.8 Å². The molecule has 2 amide bonds. The summed E-state index contributed by atoms with van der Waals surface area (Å²) in [7, 11) is 0. The summed E-state index contributed by atoms with van der Waals surface area (Å²) in [4.78, 5) is 18.2. The predicted octanol–water partition coefficient (Wildman–Crippen LogP) is 0.519. The van der Waals surface area contributed by atoms with Gasteiger partial charge in [0.2, 0.25) is 5.28 Å². The molecule has 0 aliphatic carbocycles. The van der Waals surface area contributed by atoms with Gasteiger partial charge in [-0.1, -0.05) is 0 Å². The standard InChI is InChI=1S/C8H12ClN5O/c1-5-4-6(14-7(9)13-5)11-2-3-12-8(10)15/h4H,2-3H2,1H3,(H3,10,12,15)(H,11,13,14). The Balaban J connectivity index is 2.40. The van der Waals surface area contributed by atoms with Crippen LogP contribution in [0.25, 0.3) is 0 Å². The van der Waals surface area contributed by atoms with Crippen molar-refractivity contribution in [1.29, 1.82) is 0 Å². The van der Waals surface area contributed by atoms with E-state index in [1.807, 2.05) is 6.92 Å². The Morgan fingerprint density at radius 1 is 1.53 bits per heavy atom. The fourth-order valence-electron chi connectivity index (χ4n) is 0.999. The van der Waals surface area contributed by atoms with Crippen LogP contribution in [0.2, 0.25) is 5.28 Å². The number of hydrogen-bond acceptors (Lipinski definition) is 4.